The molecule has 1 rings (SSSR count). The van der Waals surface area contributed by atoms with Gasteiger partial charge in [0.05, 0.1) is 12.3 Å². The van der Waals surface area contributed by atoms with Crippen LogP contribution in [0.5, 0.6) is 0 Å². The van der Waals surface area contributed by atoms with E-state index < -0.39 is 0 Å². The van der Waals surface area contributed by atoms with Crippen molar-refractivity contribution in [3.05, 3.63) is 11.5 Å². The molecule has 1 aromatic rings. The van der Waals surface area contributed by atoms with Gasteiger partial charge in [0.15, 0.2) is 0 Å². The van der Waals surface area contributed by atoms with Gasteiger partial charge >= 0.3 is 0 Å². The second-order valence-corrected chi connectivity index (χ2v) is 3.94. The van der Waals surface area contributed by atoms with Crippen molar-refractivity contribution in [3.8, 4) is 0 Å². The summed E-state index contributed by atoms with van der Waals surface area (Å²) in [7, 11) is 1.70. The molecule has 0 radical (unpaired) electrons. The maximum atomic E-state index is 6.07. The fourth-order valence-corrected chi connectivity index (χ4v) is 1.80. The Morgan fingerprint density at radius 3 is 2.73 bits per heavy atom. The van der Waals surface area contributed by atoms with Gasteiger partial charge in [-0.3, -0.25) is 0 Å². The maximum Gasteiger partial charge on any atom is 0.127 e. The predicted molar refractivity (Wildman–Crippen MR) is 62.0 cm³/mol. The third-order valence-corrected chi connectivity index (χ3v) is 2.56. The quantitative estimate of drug-likeness (QED) is 0.809. The average molecular weight is 211 g/mol. The Morgan fingerprint density at radius 2 is 2.20 bits per heavy atom. The van der Waals surface area contributed by atoms with Gasteiger partial charge in [0, 0.05) is 19.6 Å². The molecule has 0 aliphatic rings. The molecular weight excluding hydrogens is 190 g/mol. The van der Waals surface area contributed by atoms with E-state index in [1.807, 2.05) is 6.92 Å². The molecule has 1 atom stereocenters. The monoisotopic (exact) mass is 211 g/mol. The molecule has 0 amide bonds. The van der Waals surface area contributed by atoms with E-state index in [2.05, 4.69) is 23.4 Å². The molecule has 0 aliphatic heterocycles. The van der Waals surface area contributed by atoms with Crippen LogP contribution in [0.1, 0.15) is 37.7 Å². The Hall–Kier alpha value is -1.03. The summed E-state index contributed by atoms with van der Waals surface area (Å²) < 4.78 is 7.19. The van der Waals surface area contributed by atoms with Gasteiger partial charge < -0.3 is 15.0 Å². The van der Waals surface area contributed by atoms with Gasteiger partial charge in [-0.1, -0.05) is 13.8 Å². The molecule has 0 bridgehead atoms. The Morgan fingerprint density at radius 1 is 1.53 bits per heavy atom. The van der Waals surface area contributed by atoms with Crippen LogP contribution in [0.15, 0.2) is 0 Å². The van der Waals surface area contributed by atoms with Gasteiger partial charge in [-0.15, -0.1) is 0 Å². The number of ether oxygens (including phenoxy) is 1. The van der Waals surface area contributed by atoms with E-state index >= 15 is 0 Å². The fourth-order valence-electron chi connectivity index (χ4n) is 1.80. The van der Waals surface area contributed by atoms with Crippen LogP contribution >= 0.6 is 0 Å². The van der Waals surface area contributed by atoms with Gasteiger partial charge in [0.25, 0.3) is 0 Å². The Bertz CT molecular complexity index is 320. The van der Waals surface area contributed by atoms with Crippen LogP contribution in [0.4, 0.5) is 5.82 Å². The highest BCUT2D eigenvalue weighted by atomic mass is 16.5. The number of hydrogen-bond acceptors (Lipinski definition) is 3. The number of aromatic nitrogens is 2. The largest absolute Gasteiger partial charge is 0.384 e. The molecular formula is C11H21N3O. The van der Waals surface area contributed by atoms with Crippen LogP contribution in [0.25, 0.3) is 0 Å². The lowest BCUT2D eigenvalue weighted by Gasteiger charge is -2.09. The molecule has 15 heavy (non-hydrogen) atoms. The maximum absolute atomic E-state index is 6.07. The molecule has 86 valence electrons. The first-order valence-electron chi connectivity index (χ1n) is 5.43. The number of nitrogens with two attached hydrogens (primary N) is 1. The van der Waals surface area contributed by atoms with Crippen molar-refractivity contribution in [1.82, 2.24) is 9.55 Å². The van der Waals surface area contributed by atoms with E-state index in [9.17, 15) is 0 Å². The lowest BCUT2D eigenvalue weighted by molar-refractivity contribution is 0.183. The van der Waals surface area contributed by atoms with Gasteiger partial charge in [-0.2, -0.15) is 0 Å². The van der Waals surface area contributed by atoms with Crippen molar-refractivity contribution in [2.24, 2.45) is 0 Å². The molecule has 4 heteroatoms. The molecule has 0 fully saturated rings. The number of nitrogens with zero attached hydrogens (tertiary/aromatic N) is 2. The molecule has 0 aliphatic carbocycles. The van der Waals surface area contributed by atoms with Crippen LogP contribution in [-0.4, -0.2) is 23.3 Å². The zero-order chi connectivity index (χ0) is 11.4. The summed E-state index contributed by atoms with van der Waals surface area (Å²) in [5.74, 6) is 2.04. The normalized spacial score (nSPS) is 13.1. The molecule has 0 saturated heterocycles. The Balaban J connectivity index is 2.95. The van der Waals surface area contributed by atoms with E-state index in [0.29, 0.717) is 6.61 Å². The van der Waals surface area contributed by atoms with Crippen molar-refractivity contribution in [2.45, 2.75) is 39.7 Å². The lowest BCUT2D eigenvalue weighted by Crippen LogP contribution is -2.08. The zero-order valence-corrected chi connectivity index (χ0v) is 10.1. The van der Waals surface area contributed by atoms with Crippen molar-refractivity contribution >= 4 is 5.82 Å². The van der Waals surface area contributed by atoms with Crippen molar-refractivity contribution in [3.63, 3.8) is 0 Å². The number of nitrogen functional groups attached to an aromatic ring is 1. The number of rotatable bonds is 5. The molecule has 1 heterocycles. The first-order valence-corrected chi connectivity index (χ1v) is 5.43. The highest BCUT2D eigenvalue weighted by Gasteiger charge is 2.16. The van der Waals surface area contributed by atoms with E-state index in [-0.39, 0.29) is 5.92 Å². The van der Waals surface area contributed by atoms with E-state index in [1.54, 1.807) is 7.11 Å². The number of imidazole rings is 1. The first-order chi connectivity index (χ1) is 7.11. The predicted octanol–water partition coefficient (Wildman–Crippen LogP) is 1.93. The lowest BCUT2D eigenvalue weighted by atomic mass is 10.1. The second kappa shape index (κ2) is 5.16. The summed E-state index contributed by atoms with van der Waals surface area (Å²) in [6, 6.07) is 0. The smallest absolute Gasteiger partial charge is 0.127 e. The van der Waals surface area contributed by atoms with Crippen LogP contribution in [0, 0.1) is 6.92 Å². The Labute approximate surface area is 91.4 Å². The highest BCUT2D eigenvalue weighted by molar-refractivity contribution is 5.40. The molecule has 4 nitrogen and oxygen atoms in total. The minimum atomic E-state index is 0.256. The minimum absolute atomic E-state index is 0.256. The van der Waals surface area contributed by atoms with Gasteiger partial charge in [-0.05, 0) is 13.3 Å². The zero-order valence-electron chi connectivity index (χ0n) is 10.1. The van der Waals surface area contributed by atoms with Gasteiger partial charge in [0.2, 0.25) is 0 Å². The van der Waals surface area contributed by atoms with Crippen LogP contribution in [0.3, 0.4) is 0 Å². The summed E-state index contributed by atoms with van der Waals surface area (Å²) in [6.45, 7) is 7.81. The van der Waals surface area contributed by atoms with E-state index in [1.165, 1.54) is 0 Å². The second-order valence-electron chi connectivity index (χ2n) is 3.94. The highest BCUT2D eigenvalue weighted by Crippen LogP contribution is 2.23. The Kier molecular flexibility index (Phi) is 4.15. The number of hydrogen-bond donors (Lipinski definition) is 1. The van der Waals surface area contributed by atoms with Gasteiger partial charge in [0.1, 0.15) is 11.6 Å². The molecule has 1 unspecified atom stereocenters. The SMILES string of the molecule is CCCn1c(C)nc(C(C)COC)c1N. The molecule has 0 saturated carbocycles. The fraction of sp³-hybridized carbons (Fsp3) is 0.727. The van der Waals surface area contributed by atoms with Crippen molar-refractivity contribution < 1.29 is 4.74 Å². The number of anilines is 1. The third kappa shape index (κ3) is 2.50. The van der Waals surface area contributed by atoms with Crippen LogP contribution in [-0.2, 0) is 11.3 Å². The summed E-state index contributed by atoms with van der Waals surface area (Å²) in [5, 5.41) is 0. The summed E-state index contributed by atoms with van der Waals surface area (Å²) >= 11 is 0. The van der Waals surface area contributed by atoms with Crippen LogP contribution < -0.4 is 5.73 Å². The third-order valence-electron chi connectivity index (χ3n) is 2.56. The number of aryl methyl sites for hydroxylation is 1. The first kappa shape index (κ1) is 12.0. The van der Waals surface area contributed by atoms with Crippen molar-refractivity contribution in [2.75, 3.05) is 19.5 Å². The van der Waals surface area contributed by atoms with Crippen molar-refractivity contribution in [1.29, 1.82) is 0 Å². The molecule has 0 spiro atoms. The standard InChI is InChI=1S/C11H21N3O/c1-5-6-14-9(3)13-10(11(14)12)8(2)7-15-4/h8H,5-7,12H2,1-4H3. The number of methoxy groups -OCH3 is 1. The summed E-state index contributed by atoms with van der Waals surface area (Å²) in [5.41, 5.74) is 7.03. The topological polar surface area (TPSA) is 53.1 Å². The minimum Gasteiger partial charge on any atom is -0.384 e. The molecule has 1 aromatic heterocycles. The van der Waals surface area contributed by atoms with Crippen LogP contribution in [0.2, 0.25) is 0 Å². The van der Waals surface area contributed by atoms with Gasteiger partial charge in [-0.25, -0.2) is 4.98 Å². The van der Waals surface area contributed by atoms with E-state index in [4.69, 9.17) is 10.5 Å². The average Bonchev–Trinajstić information content (AvgIpc) is 2.47. The molecule has 0 aromatic carbocycles. The summed E-state index contributed by atoms with van der Waals surface area (Å²) in [4.78, 5) is 4.51. The molecule has 2 N–H and O–H groups in total. The summed E-state index contributed by atoms with van der Waals surface area (Å²) in [6.07, 6.45) is 1.07. The van der Waals surface area contributed by atoms with E-state index in [0.717, 1.165) is 30.3 Å².